The molecule has 3 aliphatic carbocycles. The maximum absolute atomic E-state index is 4.04. The molecular weight excluding hydrogens is 556 g/mol. The van der Waals surface area contributed by atoms with Gasteiger partial charge in [0.25, 0.3) is 0 Å². The van der Waals surface area contributed by atoms with Crippen molar-refractivity contribution in [3.63, 3.8) is 0 Å². The van der Waals surface area contributed by atoms with Crippen LogP contribution in [0.1, 0.15) is 27.2 Å². The average molecular weight is 577 g/mol. The summed E-state index contributed by atoms with van der Waals surface area (Å²) in [5, 5.41) is 0. The van der Waals surface area contributed by atoms with E-state index in [9.17, 15) is 0 Å². The molecule has 4 aliphatic rings. The zero-order chi connectivity index (χ0) is 19.6. The van der Waals surface area contributed by atoms with Gasteiger partial charge in [0, 0.05) is 0 Å². The smallest absolute Gasteiger partial charge is 1.00 e. The van der Waals surface area contributed by atoms with E-state index in [1.807, 2.05) is 0 Å². The third kappa shape index (κ3) is 3.37. The molecule has 1 unspecified atom stereocenters. The molecule has 30 heavy (non-hydrogen) atoms. The van der Waals surface area contributed by atoms with Crippen LogP contribution < -0.4 is 29.7 Å². The van der Waals surface area contributed by atoms with Gasteiger partial charge in [-0.3, -0.25) is 0 Å². The fourth-order valence-electron chi connectivity index (χ4n) is 4.85. The molecule has 5 heteroatoms. The Labute approximate surface area is 214 Å². The van der Waals surface area contributed by atoms with E-state index in [1.54, 1.807) is 0 Å². The number of para-hydroxylation sites is 1. The molecule has 1 heterocycles. The molecule has 151 valence electrons. The quantitative estimate of drug-likeness (QED) is 0.507. The van der Waals surface area contributed by atoms with Crippen LogP contribution in [0.3, 0.4) is 0 Å². The standard InChI is InChI=1S/C25H21BrN.2ClH.Zr/c1-15-13-21-20(23(15)18-9-7-8-10-18)14-22-24(25(21)26)16(2)17(3)27(22)19-11-5-4-6-12-19;;;/h4-9,11-13,24H,10H2,1-3H3;2*1H;/q;;;+2/p-2. The van der Waals surface area contributed by atoms with Crippen LogP contribution in [0.2, 0.25) is 0 Å². The van der Waals surface area contributed by atoms with E-state index in [4.69, 9.17) is 0 Å². The molecule has 1 aromatic rings. The van der Waals surface area contributed by atoms with Gasteiger partial charge >= 0.3 is 192 Å². The Morgan fingerprint density at radius 1 is 1.03 bits per heavy atom. The third-order valence-corrected chi connectivity index (χ3v) is 8.38. The van der Waals surface area contributed by atoms with E-state index in [2.05, 4.69) is 96.2 Å². The number of halogens is 3. The van der Waals surface area contributed by atoms with Crippen LogP contribution in [0.25, 0.3) is 0 Å². The first kappa shape index (κ1) is 23.8. The van der Waals surface area contributed by atoms with Gasteiger partial charge in [-0.2, -0.15) is 0 Å². The second kappa shape index (κ2) is 8.95. The van der Waals surface area contributed by atoms with Crippen molar-refractivity contribution in [2.75, 3.05) is 4.90 Å². The van der Waals surface area contributed by atoms with Gasteiger partial charge in [-0.25, -0.2) is 0 Å². The van der Waals surface area contributed by atoms with Gasteiger partial charge in [-0.15, -0.1) is 0 Å². The largest absolute Gasteiger partial charge is 1.00 e. The first-order chi connectivity index (χ1) is 13.5. The number of hydrogen-bond donors (Lipinski definition) is 0. The second-order valence-electron chi connectivity index (χ2n) is 7.80. The van der Waals surface area contributed by atoms with Crippen molar-refractivity contribution >= 4 is 21.6 Å². The van der Waals surface area contributed by atoms with E-state index in [-0.39, 0.29) is 24.8 Å². The molecule has 0 N–H and O–H groups in total. The summed E-state index contributed by atoms with van der Waals surface area (Å²) in [5.41, 5.74) is 12.6. The maximum Gasteiger partial charge on any atom is -1.00 e. The Kier molecular flexibility index (Phi) is 7.10. The van der Waals surface area contributed by atoms with Crippen molar-refractivity contribution in [2.24, 2.45) is 5.92 Å². The Bertz CT molecular complexity index is 1130. The van der Waals surface area contributed by atoms with Crippen molar-refractivity contribution in [1.82, 2.24) is 0 Å². The summed E-state index contributed by atoms with van der Waals surface area (Å²) >= 11 is 5.52. The predicted molar refractivity (Wildman–Crippen MR) is 116 cm³/mol. The normalized spacial score (nSPS) is 22.2. The Morgan fingerprint density at radius 3 is 2.37 bits per heavy atom. The van der Waals surface area contributed by atoms with E-state index >= 15 is 0 Å². The molecule has 1 atom stereocenters. The summed E-state index contributed by atoms with van der Waals surface area (Å²) in [5.74, 6) is 0.326. The molecule has 0 radical (unpaired) electrons. The maximum atomic E-state index is 4.04. The van der Waals surface area contributed by atoms with Crippen molar-refractivity contribution in [3.05, 3.63) is 107 Å². The van der Waals surface area contributed by atoms with Gasteiger partial charge in [-0.1, -0.05) is 0 Å². The molecule has 1 aromatic carbocycles. The zero-order valence-electron chi connectivity index (χ0n) is 17.1. The molecule has 0 amide bonds. The van der Waals surface area contributed by atoms with Crippen LogP contribution in [0.15, 0.2) is 107 Å². The SMILES string of the molecule is CC1=CC2=C(Br)C3C(C)=C(C)N(c4ccccc4)C3=[C]([Zr+2])C2=C1C1=CC=CC1.[Cl-].[Cl-]. The van der Waals surface area contributed by atoms with E-state index in [0.717, 1.165) is 6.42 Å². The van der Waals surface area contributed by atoms with Crippen LogP contribution in [-0.4, -0.2) is 0 Å². The number of fused-ring (bicyclic) bond motifs is 2. The monoisotopic (exact) mass is 574 g/mol. The first-order valence-corrected chi connectivity index (χ1v) is 11.7. The van der Waals surface area contributed by atoms with Gasteiger partial charge in [0.1, 0.15) is 0 Å². The summed E-state index contributed by atoms with van der Waals surface area (Å²) in [6.45, 7) is 6.82. The van der Waals surface area contributed by atoms with Gasteiger partial charge in [0.15, 0.2) is 0 Å². The summed E-state index contributed by atoms with van der Waals surface area (Å²) < 4.78 is 2.81. The number of anilines is 1. The molecular formula is C25H21BrCl2NZr. The predicted octanol–water partition coefficient (Wildman–Crippen LogP) is 0.988. The summed E-state index contributed by atoms with van der Waals surface area (Å²) in [4.78, 5) is 2.49. The number of hydrogen-bond acceptors (Lipinski definition) is 1. The Morgan fingerprint density at radius 2 is 1.73 bits per heavy atom. The molecule has 0 aromatic heterocycles. The van der Waals surface area contributed by atoms with Crippen LogP contribution in [0.4, 0.5) is 5.69 Å². The van der Waals surface area contributed by atoms with E-state index in [0.29, 0.717) is 5.92 Å². The topological polar surface area (TPSA) is 3.24 Å². The minimum absolute atomic E-state index is 0. The molecule has 0 saturated heterocycles. The average Bonchev–Trinajstić information content (AvgIpc) is 3.39. The second-order valence-corrected chi connectivity index (χ2v) is 9.88. The minimum Gasteiger partial charge on any atom is -1.00 e. The number of allylic oxidation sites excluding steroid dienone is 12. The summed E-state index contributed by atoms with van der Waals surface area (Å²) in [6.07, 6.45) is 10.2. The zero-order valence-corrected chi connectivity index (χ0v) is 22.6. The molecule has 1 aliphatic heterocycles. The molecule has 0 saturated carbocycles. The van der Waals surface area contributed by atoms with Crippen molar-refractivity contribution in [2.45, 2.75) is 27.2 Å². The van der Waals surface area contributed by atoms with Gasteiger partial charge < -0.3 is 24.8 Å². The minimum atomic E-state index is 0. The Hall–Kier alpha value is -0.857. The molecule has 0 fully saturated rings. The summed E-state index contributed by atoms with van der Waals surface area (Å²) in [6, 6.07) is 10.8. The van der Waals surface area contributed by atoms with Crippen molar-refractivity contribution < 1.29 is 49.5 Å². The fraction of sp³-hybridized carbons (Fsp3) is 0.200. The molecule has 1 nitrogen and oxygen atoms in total. The van der Waals surface area contributed by atoms with Crippen LogP contribution in [0, 0.1) is 5.92 Å². The van der Waals surface area contributed by atoms with Crippen molar-refractivity contribution in [3.8, 4) is 0 Å². The van der Waals surface area contributed by atoms with Crippen LogP contribution in [-0.2, 0) is 24.7 Å². The fourth-order valence-corrected chi connectivity index (χ4v) is 6.99. The molecule has 5 rings (SSSR count). The number of benzene rings is 1. The molecule has 0 spiro atoms. The first-order valence-electron chi connectivity index (χ1n) is 9.68. The van der Waals surface area contributed by atoms with Gasteiger partial charge in [-0.05, 0) is 0 Å². The van der Waals surface area contributed by atoms with Crippen LogP contribution >= 0.6 is 15.9 Å². The summed E-state index contributed by atoms with van der Waals surface area (Å²) in [7, 11) is 0. The van der Waals surface area contributed by atoms with E-state index < -0.39 is 0 Å². The molecule has 0 bridgehead atoms. The number of nitrogens with zero attached hydrogens (tertiary/aromatic N) is 1. The van der Waals surface area contributed by atoms with Crippen LogP contribution in [0.5, 0.6) is 0 Å². The van der Waals surface area contributed by atoms with E-state index in [1.165, 1.54) is 83.0 Å². The van der Waals surface area contributed by atoms with Gasteiger partial charge in [0.05, 0.1) is 0 Å². The van der Waals surface area contributed by atoms with Crippen molar-refractivity contribution in [1.29, 1.82) is 0 Å². The number of rotatable bonds is 2. The Balaban J connectivity index is 0.00000128. The third-order valence-electron chi connectivity index (χ3n) is 6.25. The van der Waals surface area contributed by atoms with Gasteiger partial charge in [0.2, 0.25) is 0 Å².